The number of nitrogens with zero attached hydrogens (tertiary/aromatic N) is 3. The second kappa shape index (κ2) is 4.32. The number of carboxylic acid groups (broad SMARTS) is 1. The number of benzene rings is 1. The second-order valence-electron chi connectivity index (χ2n) is 3.17. The van der Waals surface area contributed by atoms with Crippen molar-refractivity contribution in [1.82, 2.24) is 14.8 Å². The summed E-state index contributed by atoms with van der Waals surface area (Å²) in [6.07, 6.45) is 1.39. The van der Waals surface area contributed by atoms with Crippen LogP contribution in [0.25, 0.3) is 11.4 Å². The molecule has 0 fully saturated rings. The van der Waals surface area contributed by atoms with Crippen molar-refractivity contribution in [2.45, 2.75) is 6.54 Å². The summed E-state index contributed by atoms with van der Waals surface area (Å²) < 4.78 is 1.27. The summed E-state index contributed by atoms with van der Waals surface area (Å²) in [5.41, 5.74) is 0.800. The van der Waals surface area contributed by atoms with Gasteiger partial charge in [0.2, 0.25) is 0 Å². The van der Waals surface area contributed by atoms with E-state index in [-0.39, 0.29) is 6.54 Å². The molecule has 0 amide bonds. The van der Waals surface area contributed by atoms with Crippen LogP contribution in [0.3, 0.4) is 0 Å². The number of halogens is 1. The van der Waals surface area contributed by atoms with E-state index in [9.17, 15) is 4.79 Å². The quantitative estimate of drug-likeness (QED) is 0.882. The van der Waals surface area contributed by atoms with E-state index >= 15 is 0 Å². The molecule has 1 heterocycles. The third-order valence-electron chi connectivity index (χ3n) is 1.94. The zero-order valence-electron chi connectivity index (χ0n) is 8.17. The summed E-state index contributed by atoms with van der Waals surface area (Å²) in [4.78, 5) is 14.5. The molecule has 0 aliphatic rings. The van der Waals surface area contributed by atoms with Gasteiger partial charge in [0.1, 0.15) is 12.9 Å². The minimum atomic E-state index is -0.951. The van der Waals surface area contributed by atoms with E-state index in [1.165, 1.54) is 11.0 Å². The molecule has 16 heavy (non-hydrogen) atoms. The Labute approximate surface area is 96.3 Å². The normalized spacial score (nSPS) is 10.3. The molecule has 1 aromatic heterocycles. The van der Waals surface area contributed by atoms with E-state index in [0.29, 0.717) is 10.8 Å². The molecule has 0 saturated carbocycles. The Morgan fingerprint density at radius 1 is 1.38 bits per heavy atom. The first kappa shape index (κ1) is 10.6. The monoisotopic (exact) mass is 237 g/mol. The Bertz CT molecular complexity index is 507. The molecule has 0 bridgehead atoms. The van der Waals surface area contributed by atoms with Crippen molar-refractivity contribution in [2.75, 3.05) is 0 Å². The molecule has 5 nitrogen and oxygen atoms in total. The Morgan fingerprint density at radius 2 is 2.06 bits per heavy atom. The summed E-state index contributed by atoms with van der Waals surface area (Å²) in [7, 11) is 0. The standard InChI is InChI=1S/C10H8ClN3O2/c11-8-3-1-7(2-4-8)10-12-6-14(13-10)5-9(15)16/h1-4,6H,5H2,(H,15,16). The topological polar surface area (TPSA) is 68.0 Å². The molecule has 0 radical (unpaired) electrons. The molecule has 2 aromatic rings. The van der Waals surface area contributed by atoms with Crippen molar-refractivity contribution < 1.29 is 9.90 Å². The number of rotatable bonds is 3. The lowest BCUT2D eigenvalue weighted by Crippen LogP contribution is -2.08. The second-order valence-corrected chi connectivity index (χ2v) is 3.60. The lowest BCUT2D eigenvalue weighted by molar-refractivity contribution is -0.137. The maximum Gasteiger partial charge on any atom is 0.325 e. The minimum absolute atomic E-state index is 0.194. The Kier molecular flexibility index (Phi) is 2.87. The minimum Gasteiger partial charge on any atom is -0.480 e. The van der Waals surface area contributed by atoms with Gasteiger partial charge in [-0.1, -0.05) is 11.6 Å². The van der Waals surface area contributed by atoms with E-state index in [1.807, 2.05) is 0 Å². The maximum absolute atomic E-state index is 10.5. The van der Waals surface area contributed by atoms with E-state index < -0.39 is 5.97 Å². The average Bonchev–Trinajstić information content (AvgIpc) is 2.66. The summed E-state index contributed by atoms with van der Waals surface area (Å²) in [5, 5.41) is 13.2. The van der Waals surface area contributed by atoms with Crippen LogP contribution < -0.4 is 0 Å². The van der Waals surface area contributed by atoms with Crippen molar-refractivity contribution in [1.29, 1.82) is 0 Å². The molecule has 0 aliphatic heterocycles. The number of carboxylic acids is 1. The van der Waals surface area contributed by atoms with Gasteiger partial charge < -0.3 is 5.11 Å². The largest absolute Gasteiger partial charge is 0.480 e. The summed E-state index contributed by atoms with van der Waals surface area (Å²) in [6.45, 7) is -0.194. The first-order valence-corrected chi connectivity index (χ1v) is 4.90. The van der Waals surface area contributed by atoms with Crippen LogP contribution in [-0.2, 0) is 11.3 Å². The fourth-order valence-electron chi connectivity index (χ4n) is 1.24. The zero-order valence-corrected chi connectivity index (χ0v) is 8.92. The number of aliphatic carboxylic acids is 1. The summed E-state index contributed by atoms with van der Waals surface area (Å²) >= 11 is 5.75. The van der Waals surface area contributed by atoms with Gasteiger partial charge in [-0.2, -0.15) is 5.10 Å². The van der Waals surface area contributed by atoms with E-state index in [4.69, 9.17) is 16.7 Å². The SMILES string of the molecule is O=C(O)Cn1cnc(-c2ccc(Cl)cc2)n1. The van der Waals surface area contributed by atoms with Crippen LogP contribution in [0.1, 0.15) is 0 Å². The van der Waals surface area contributed by atoms with Crippen LogP contribution in [-0.4, -0.2) is 25.8 Å². The van der Waals surface area contributed by atoms with Crippen LogP contribution in [0.5, 0.6) is 0 Å². The van der Waals surface area contributed by atoms with Gasteiger partial charge in [-0.05, 0) is 24.3 Å². The van der Waals surface area contributed by atoms with Gasteiger partial charge in [0.05, 0.1) is 0 Å². The molecule has 1 aromatic carbocycles. The van der Waals surface area contributed by atoms with Crippen LogP contribution in [0.15, 0.2) is 30.6 Å². The molecule has 0 atom stereocenters. The number of hydrogen-bond acceptors (Lipinski definition) is 3. The lowest BCUT2D eigenvalue weighted by atomic mass is 10.2. The predicted octanol–water partition coefficient (Wildman–Crippen LogP) is 1.68. The molecule has 0 saturated heterocycles. The smallest absolute Gasteiger partial charge is 0.325 e. The molecular weight excluding hydrogens is 230 g/mol. The van der Waals surface area contributed by atoms with Gasteiger partial charge in [-0.3, -0.25) is 4.79 Å². The highest BCUT2D eigenvalue weighted by Crippen LogP contribution is 2.17. The first-order chi connectivity index (χ1) is 7.65. The van der Waals surface area contributed by atoms with Crippen LogP contribution in [0, 0.1) is 0 Å². The van der Waals surface area contributed by atoms with Crippen molar-refractivity contribution in [3.8, 4) is 11.4 Å². The number of hydrogen-bond donors (Lipinski definition) is 1. The Balaban J connectivity index is 2.24. The van der Waals surface area contributed by atoms with Crippen LogP contribution in [0.4, 0.5) is 0 Å². The van der Waals surface area contributed by atoms with Crippen molar-refractivity contribution in [2.24, 2.45) is 0 Å². The summed E-state index contributed by atoms with van der Waals surface area (Å²) in [6, 6.07) is 7.02. The summed E-state index contributed by atoms with van der Waals surface area (Å²) in [5.74, 6) is -0.467. The maximum atomic E-state index is 10.5. The van der Waals surface area contributed by atoms with Gasteiger partial charge in [-0.25, -0.2) is 9.67 Å². The van der Waals surface area contributed by atoms with E-state index in [0.717, 1.165) is 5.56 Å². The molecule has 0 aliphatic carbocycles. The molecule has 2 rings (SSSR count). The van der Waals surface area contributed by atoms with Gasteiger partial charge in [0.15, 0.2) is 5.82 Å². The van der Waals surface area contributed by atoms with Gasteiger partial charge in [0, 0.05) is 10.6 Å². The fourth-order valence-corrected chi connectivity index (χ4v) is 1.37. The van der Waals surface area contributed by atoms with Gasteiger partial charge in [0.25, 0.3) is 0 Å². The van der Waals surface area contributed by atoms with Crippen molar-refractivity contribution >= 4 is 17.6 Å². The molecule has 1 N–H and O–H groups in total. The number of carbonyl (C=O) groups is 1. The molecule has 6 heteroatoms. The van der Waals surface area contributed by atoms with E-state index in [2.05, 4.69) is 10.1 Å². The molecule has 0 unspecified atom stereocenters. The van der Waals surface area contributed by atoms with Crippen molar-refractivity contribution in [3.63, 3.8) is 0 Å². The van der Waals surface area contributed by atoms with Gasteiger partial charge >= 0.3 is 5.97 Å². The highest BCUT2D eigenvalue weighted by Gasteiger charge is 2.06. The zero-order chi connectivity index (χ0) is 11.5. The van der Waals surface area contributed by atoms with Gasteiger partial charge in [-0.15, -0.1) is 0 Å². The molecular formula is C10H8ClN3O2. The van der Waals surface area contributed by atoms with E-state index in [1.54, 1.807) is 24.3 Å². The highest BCUT2D eigenvalue weighted by atomic mass is 35.5. The van der Waals surface area contributed by atoms with Crippen LogP contribution >= 0.6 is 11.6 Å². The molecule has 0 spiro atoms. The fraction of sp³-hybridized carbons (Fsp3) is 0.100. The predicted molar refractivity (Wildman–Crippen MR) is 58.1 cm³/mol. The third-order valence-corrected chi connectivity index (χ3v) is 2.19. The lowest BCUT2D eigenvalue weighted by Gasteiger charge is -1.95. The average molecular weight is 238 g/mol. The first-order valence-electron chi connectivity index (χ1n) is 4.52. The van der Waals surface area contributed by atoms with Crippen LogP contribution in [0.2, 0.25) is 5.02 Å². The van der Waals surface area contributed by atoms with Crippen molar-refractivity contribution in [3.05, 3.63) is 35.6 Å². The molecule has 82 valence electrons. The number of aromatic nitrogens is 3. The Hall–Kier alpha value is -1.88. The third kappa shape index (κ3) is 2.38. The highest BCUT2D eigenvalue weighted by molar-refractivity contribution is 6.30. The Morgan fingerprint density at radius 3 is 2.69 bits per heavy atom.